The zero-order valence-electron chi connectivity index (χ0n) is 13.8. The van der Waals surface area contributed by atoms with E-state index in [0.29, 0.717) is 12.2 Å². The molecule has 124 valence electrons. The molecule has 7 heteroatoms. The van der Waals surface area contributed by atoms with Crippen LogP contribution in [0, 0.1) is 0 Å². The van der Waals surface area contributed by atoms with Gasteiger partial charge in [-0.2, -0.15) is 0 Å². The van der Waals surface area contributed by atoms with Gasteiger partial charge in [-0.25, -0.2) is 9.48 Å². The standard InChI is InChI=1S/C16H23N5O2/c1-16(2,3)23-15(22)20-8-4-5-12(20)10-21-14-7-6-11(17)9-13(14)18-19-21/h6-7,9,12H,4-5,8,10,17H2,1-3H3. The van der Waals surface area contributed by atoms with Crippen molar-refractivity contribution in [2.24, 2.45) is 0 Å². The van der Waals surface area contributed by atoms with E-state index in [1.165, 1.54) is 0 Å². The van der Waals surface area contributed by atoms with Gasteiger partial charge < -0.3 is 15.4 Å². The average molecular weight is 317 g/mol. The highest BCUT2D eigenvalue weighted by molar-refractivity contribution is 5.78. The van der Waals surface area contributed by atoms with Crippen molar-refractivity contribution in [3.63, 3.8) is 0 Å². The van der Waals surface area contributed by atoms with E-state index in [9.17, 15) is 4.79 Å². The summed E-state index contributed by atoms with van der Waals surface area (Å²) in [5.74, 6) is 0. The molecule has 1 fully saturated rings. The molecule has 0 bridgehead atoms. The number of hydrogen-bond donors (Lipinski definition) is 1. The Hall–Kier alpha value is -2.31. The van der Waals surface area contributed by atoms with Gasteiger partial charge in [0, 0.05) is 12.2 Å². The zero-order chi connectivity index (χ0) is 16.6. The van der Waals surface area contributed by atoms with Crippen LogP contribution in [0.1, 0.15) is 33.6 Å². The number of hydrogen-bond acceptors (Lipinski definition) is 5. The molecule has 1 aliphatic heterocycles. The number of aromatic nitrogens is 3. The van der Waals surface area contributed by atoms with E-state index in [1.807, 2.05) is 37.6 Å². The van der Waals surface area contributed by atoms with Crippen molar-refractivity contribution in [1.29, 1.82) is 0 Å². The number of carbonyl (C=O) groups excluding carboxylic acids is 1. The molecule has 1 aromatic heterocycles. The fourth-order valence-electron chi connectivity index (χ4n) is 2.91. The molecule has 2 aromatic rings. The first kappa shape index (κ1) is 15.6. The van der Waals surface area contributed by atoms with Crippen LogP contribution in [0.25, 0.3) is 11.0 Å². The Kier molecular flexibility index (Phi) is 3.87. The second-order valence-electron chi connectivity index (χ2n) is 6.99. The summed E-state index contributed by atoms with van der Waals surface area (Å²) in [7, 11) is 0. The van der Waals surface area contributed by atoms with Gasteiger partial charge in [-0.05, 0) is 51.8 Å². The number of likely N-dealkylation sites (tertiary alicyclic amines) is 1. The Labute approximate surface area is 135 Å². The Bertz CT molecular complexity index is 719. The molecule has 1 saturated heterocycles. The second kappa shape index (κ2) is 5.72. The summed E-state index contributed by atoms with van der Waals surface area (Å²) >= 11 is 0. The third-order valence-electron chi connectivity index (χ3n) is 3.93. The maximum absolute atomic E-state index is 12.3. The van der Waals surface area contributed by atoms with Crippen molar-refractivity contribution in [3.8, 4) is 0 Å². The molecule has 0 spiro atoms. The van der Waals surface area contributed by atoms with Crippen molar-refractivity contribution in [2.75, 3.05) is 12.3 Å². The van der Waals surface area contributed by atoms with Gasteiger partial charge in [0.2, 0.25) is 0 Å². The Morgan fingerprint density at radius 1 is 1.43 bits per heavy atom. The Morgan fingerprint density at radius 3 is 2.96 bits per heavy atom. The van der Waals surface area contributed by atoms with Gasteiger partial charge in [0.05, 0.1) is 18.1 Å². The lowest BCUT2D eigenvalue weighted by Crippen LogP contribution is -2.41. The lowest BCUT2D eigenvalue weighted by Gasteiger charge is -2.28. The summed E-state index contributed by atoms with van der Waals surface area (Å²) in [6, 6.07) is 5.63. The van der Waals surface area contributed by atoms with E-state index in [1.54, 1.807) is 11.0 Å². The molecule has 1 aliphatic rings. The summed E-state index contributed by atoms with van der Waals surface area (Å²) in [4.78, 5) is 14.2. The number of nitrogens with two attached hydrogens (primary N) is 1. The van der Waals surface area contributed by atoms with Gasteiger partial charge in [0.1, 0.15) is 11.1 Å². The van der Waals surface area contributed by atoms with Gasteiger partial charge >= 0.3 is 6.09 Å². The van der Waals surface area contributed by atoms with Crippen LogP contribution in [0.15, 0.2) is 18.2 Å². The predicted molar refractivity (Wildman–Crippen MR) is 87.9 cm³/mol. The number of rotatable bonds is 2. The summed E-state index contributed by atoms with van der Waals surface area (Å²) in [5, 5.41) is 8.35. The number of benzene rings is 1. The summed E-state index contributed by atoms with van der Waals surface area (Å²) in [6.45, 7) is 6.97. The van der Waals surface area contributed by atoms with E-state index in [2.05, 4.69) is 10.3 Å². The van der Waals surface area contributed by atoms with Crippen LogP contribution in [0.4, 0.5) is 10.5 Å². The lowest BCUT2D eigenvalue weighted by atomic mass is 10.2. The Morgan fingerprint density at radius 2 is 2.22 bits per heavy atom. The molecule has 0 aliphatic carbocycles. The van der Waals surface area contributed by atoms with Gasteiger partial charge in [-0.15, -0.1) is 5.10 Å². The highest BCUT2D eigenvalue weighted by Crippen LogP contribution is 2.23. The van der Waals surface area contributed by atoms with E-state index in [4.69, 9.17) is 10.5 Å². The number of fused-ring (bicyclic) bond motifs is 1. The molecule has 1 amide bonds. The molecular weight excluding hydrogens is 294 g/mol. The van der Waals surface area contributed by atoms with Gasteiger partial charge in [0.15, 0.2) is 0 Å². The van der Waals surface area contributed by atoms with Crippen molar-refractivity contribution in [1.82, 2.24) is 19.9 Å². The molecule has 1 atom stereocenters. The first-order chi connectivity index (χ1) is 10.8. The number of nitrogens with zero attached hydrogens (tertiary/aromatic N) is 4. The molecule has 1 aromatic carbocycles. The molecular formula is C16H23N5O2. The van der Waals surface area contributed by atoms with E-state index in [0.717, 1.165) is 30.4 Å². The monoisotopic (exact) mass is 317 g/mol. The van der Waals surface area contributed by atoms with Crippen LogP contribution >= 0.6 is 0 Å². The number of anilines is 1. The van der Waals surface area contributed by atoms with E-state index in [-0.39, 0.29) is 12.1 Å². The minimum absolute atomic E-state index is 0.0762. The molecule has 7 nitrogen and oxygen atoms in total. The SMILES string of the molecule is CC(C)(C)OC(=O)N1CCCC1Cn1nnc2cc(N)ccc21. The quantitative estimate of drug-likeness (QED) is 0.860. The first-order valence-electron chi connectivity index (χ1n) is 7.92. The largest absolute Gasteiger partial charge is 0.444 e. The minimum atomic E-state index is -0.484. The summed E-state index contributed by atoms with van der Waals surface area (Å²) in [5.41, 5.74) is 7.65. The van der Waals surface area contributed by atoms with Crippen LogP contribution in [0.3, 0.4) is 0 Å². The molecule has 0 radical (unpaired) electrons. The lowest BCUT2D eigenvalue weighted by molar-refractivity contribution is 0.0212. The number of carbonyl (C=O) groups is 1. The zero-order valence-corrected chi connectivity index (χ0v) is 13.8. The maximum atomic E-state index is 12.3. The van der Waals surface area contributed by atoms with Crippen molar-refractivity contribution < 1.29 is 9.53 Å². The molecule has 2 heterocycles. The normalized spacial score (nSPS) is 18.6. The number of amides is 1. The third kappa shape index (κ3) is 3.38. The summed E-state index contributed by atoms with van der Waals surface area (Å²) in [6.07, 6.45) is 1.66. The van der Waals surface area contributed by atoms with Crippen molar-refractivity contribution in [2.45, 2.75) is 51.8 Å². The summed E-state index contributed by atoms with van der Waals surface area (Å²) < 4.78 is 7.33. The van der Waals surface area contributed by atoms with Crippen LogP contribution in [0.5, 0.6) is 0 Å². The predicted octanol–water partition coefficient (Wildman–Crippen LogP) is 2.41. The Balaban J connectivity index is 1.76. The van der Waals surface area contributed by atoms with Crippen LogP contribution in [-0.4, -0.2) is 44.2 Å². The minimum Gasteiger partial charge on any atom is -0.444 e. The highest BCUT2D eigenvalue weighted by Gasteiger charge is 2.32. The van der Waals surface area contributed by atoms with Crippen LogP contribution in [0.2, 0.25) is 0 Å². The van der Waals surface area contributed by atoms with E-state index >= 15 is 0 Å². The number of ether oxygens (including phenoxy) is 1. The average Bonchev–Trinajstić information content (AvgIpc) is 3.04. The molecule has 1 unspecified atom stereocenters. The fraction of sp³-hybridized carbons (Fsp3) is 0.562. The van der Waals surface area contributed by atoms with Crippen LogP contribution in [-0.2, 0) is 11.3 Å². The topological polar surface area (TPSA) is 86.3 Å². The van der Waals surface area contributed by atoms with Gasteiger partial charge in [-0.3, -0.25) is 0 Å². The van der Waals surface area contributed by atoms with Crippen molar-refractivity contribution in [3.05, 3.63) is 18.2 Å². The van der Waals surface area contributed by atoms with Crippen molar-refractivity contribution >= 4 is 22.8 Å². The molecule has 0 saturated carbocycles. The third-order valence-corrected chi connectivity index (χ3v) is 3.93. The highest BCUT2D eigenvalue weighted by atomic mass is 16.6. The van der Waals surface area contributed by atoms with Gasteiger partial charge in [-0.1, -0.05) is 5.21 Å². The fourth-order valence-corrected chi connectivity index (χ4v) is 2.91. The smallest absolute Gasteiger partial charge is 0.410 e. The number of nitrogen functional groups attached to an aromatic ring is 1. The van der Waals surface area contributed by atoms with Gasteiger partial charge in [0.25, 0.3) is 0 Å². The molecule has 3 rings (SSSR count). The molecule has 2 N–H and O–H groups in total. The van der Waals surface area contributed by atoms with E-state index < -0.39 is 5.60 Å². The maximum Gasteiger partial charge on any atom is 0.410 e. The first-order valence-corrected chi connectivity index (χ1v) is 7.92. The molecule has 23 heavy (non-hydrogen) atoms. The van der Waals surface area contributed by atoms with Crippen LogP contribution < -0.4 is 5.73 Å². The second-order valence-corrected chi connectivity index (χ2v) is 6.99.